The van der Waals surface area contributed by atoms with Gasteiger partial charge >= 0.3 is 11.9 Å². The van der Waals surface area contributed by atoms with Crippen molar-refractivity contribution in [1.82, 2.24) is 0 Å². The van der Waals surface area contributed by atoms with Gasteiger partial charge in [0.25, 0.3) is 0 Å². The highest BCUT2D eigenvalue weighted by atomic mass is 16.5. The van der Waals surface area contributed by atoms with Gasteiger partial charge in [-0.1, -0.05) is 112 Å². The van der Waals surface area contributed by atoms with Crippen molar-refractivity contribution in [1.29, 1.82) is 0 Å². The standard InChI is InChI=1S/C29H56O4/c1-6-8-10-12-14-16-18-20-27(30)32-23-22-29(4,5)24-26(3)25-33-28(31)21-19-17-15-13-11-9-7-2/h26H,6-25H2,1-5H3. The first-order valence-corrected chi connectivity index (χ1v) is 14.1. The summed E-state index contributed by atoms with van der Waals surface area (Å²) in [4.78, 5) is 23.9. The zero-order valence-electron chi connectivity index (χ0n) is 22.9. The maximum absolute atomic E-state index is 12.0. The first kappa shape index (κ1) is 31.9. The van der Waals surface area contributed by atoms with E-state index in [4.69, 9.17) is 9.47 Å². The Morgan fingerprint density at radius 3 is 1.58 bits per heavy atom. The summed E-state index contributed by atoms with van der Waals surface area (Å²) in [6.45, 7) is 12.0. The average molecular weight is 469 g/mol. The monoisotopic (exact) mass is 468 g/mol. The van der Waals surface area contributed by atoms with E-state index in [1.165, 1.54) is 64.2 Å². The van der Waals surface area contributed by atoms with E-state index < -0.39 is 0 Å². The minimum absolute atomic E-state index is 0.0594. The summed E-state index contributed by atoms with van der Waals surface area (Å²) >= 11 is 0. The summed E-state index contributed by atoms with van der Waals surface area (Å²) in [6.07, 6.45) is 19.8. The van der Waals surface area contributed by atoms with Crippen molar-refractivity contribution in [3.8, 4) is 0 Å². The molecule has 0 fully saturated rings. The number of unbranched alkanes of at least 4 members (excludes halogenated alkanes) is 12. The highest BCUT2D eigenvalue weighted by molar-refractivity contribution is 5.69. The lowest BCUT2D eigenvalue weighted by atomic mass is 9.81. The zero-order valence-corrected chi connectivity index (χ0v) is 22.9. The van der Waals surface area contributed by atoms with Crippen molar-refractivity contribution < 1.29 is 19.1 Å². The van der Waals surface area contributed by atoms with Gasteiger partial charge in [0.1, 0.15) is 0 Å². The molecular formula is C29H56O4. The van der Waals surface area contributed by atoms with Gasteiger partial charge in [0.05, 0.1) is 13.2 Å². The lowest BCUT2D eigenvalue weighted by Crippen LogP contribution is -2.22. The number of ether oxygens (including phenoxy) is 2. The fourth-order valence-corrected chi connectivity index (χ4v) is 4.38. The molecule has 4 heteroatoms. The maximum Gasteiger partial charge on any atom is 0.305 e. The van der Waals surface area contributed by atoms with E-state index in [9.17, 15) is 9.59 Å². The minimum atomic E-state index is -0.0632. The second kappa shape index (κ2) is 21.5. The predicted octanol–water partition coefficient (Wildman–Crippen LogP) is 8.80. The number of carbonyl (C=O) groups excluding carboxylic acids is 2. The average Bonchev–Trinajstić information content (AvgIpc) is 2.76. The number of hydrogen-bond acceptors (Lipinski definition) is 4. The molecule has 0 aromatic rings. The van der Waals surface area contributed by atoms with Crippen LogP contribution in [-0.2, 0) is 19.1 Å². The quantitative estimate of drug-likeness (QED) is 0.111. The topological polar surface area (TPSA) is 52.6 Å². The molecule has 0 aromatic heterocycles. The van der Waals surface area contributed by atoms with Crippen LogP contribution in [0.25, 0.3) is 0 Å². The minimum Gasteiger partial charge on any atom is -0.466 e. The Morgan fingerprint density at radius 2 is 1.09 bits per heavy atom. The van der Waals surface area contributed by atoms with Crippen molar-refractivity contribution in [3.05, 3.63) is 0 Å². The van der Waals surface area contributed by atoms with Crippen LogP contribution < -0.4 is 0 Å². The Morgan fingerprint density at radius 1 is 0.667 bits per heavy atom. The lowest BCUT2D eigenvalue weighted by molar-refractivity contribution is -0.146. The second-order valence-electron chi connectivity index (χ2n) is 10.9. The first-order valence-electron chi connectivity index (χ1n) is 14.1. The third-order valence-corrected chi connectivity index (χ3v) is 6.44. The molecule has 196 valence electrons. The fraction of sp³-hybridized carbons (Fsp3) is 0.931. The molecule has 4 nitrogen and oxygen atoms in total. The summed E-state index contributed by atoms with van der Waals surface area (Å²) in [7, 11) is 0. The molecule has 0 saturated heterocycles. The third-order valence-electron chi connectivity index (χ3n) is 6.44. The lowest BCUT2D eigenvalue weighted by Gasteiger charge is -2.27. The third kappa shape index (κ3) is 22.5. The first-order chi connectivity index (χ1) is 15.8. The molecule has 33 heavy (non-hydrogen) atoms. The van der Waals surface area contributed by atoms with Gasteiger partial charge in [0, 0.05) is 12.8 Å². The highest BCUT2D eigenvalue weighted by Crippen LogP contribution is 2.29. The molecule has 0 aliphatic heterocycles. The maximum atomic E-state index is 12.0. The molecule has 0 aromatic carbocycles. The van der Waals surface area contributed by atoms with E-state index in [0.29, 0.717) is 32.0 Å². The summed E-state index contributed by atoms with van der Waals surface area (Å²) < 4.78 is 11.0. The number of esters is 2. The summed E-state index contributed by atoms with van der Waals surface area (Å²) in [6, 6.07) is 0. The predicted molar refractivity (Wildman–Crippen MR) is 139 cm³/mol. The van der Waals surface area contributed by atoms with Gasteiger partial charge in [-0.3, -0.25) is 9.59 Å². The Kier molecular flexibility index (Phi) is 20.8. The molecule has 0 heterocycles. The van der Waals surface area contributed by atoms with Crippen LogP contribution in [0.5, 0.6) is 0 Å². The molecule has 0 N–H and O–H groups in total. The van der Waals surface area contributed by atoms with Crippen molar-refractivity contribution >= 4 is 11.9 Å². The number of carbonyl (C=O) groups is 2. The Labute approximate surface area is 206 Å². The molecule has 1 unspecified atom stereocenters. The molecule has 0 aliphatic carbocycles. The smallest absolute Gasteiger partial charge is 0.305 e. The Hall–Kier alpha value is -1.06. The Bertz CT molecular complexity index is 472. The van der Waals surface area contributed by atoms with E-state index in [-0.39, 0.29) is 17.4 Å². The number of hydrogen-bond donors (Lipinski definition) is 0. The van der Waals surface area contributed by atoms with Gasteiger partial charge in [0.2, 0.25) is 0 Å². The van der Waals surface area contributed by atoms with Crippen LogP contribution in [0.3, 0.4) is 0 Å². The van der Waals surface area contributed by atoms with E-state index in [0.717, 1.165) is 38.5 Å². The largest absolute Gasteiger partial charge is 0.466 e. The number of rotatable bonds is 23. The molecule has 0 spiro atoms. The molecule has 1 atom stereocenters. The van der Waals surface area contributed by atoms with Gasteiger partial charge in [0.15, 0.2) is 0 Å². The van der Waals surface area contributed by atoms with E-state index >= 15 is 0 Å². The molecule has 0 aliphatic rings. The van der Waals surface area contributed by atoms with Gasteiger partial charge in [-0.2, -0.15) is 0 Å². The molecule has 0 radical (unpaired) electrons. The van der Waals surface area contributed by atoms with Crippen LogP contribution in [0.15, 0.2) is 0 Å². The highest BCUT2D eigenvalue weighted by Gasteiger charge is 2.22. The van der Waals surface area contributed by atoms with Gasteiger partial charge in [-0.25, -0.2) is 0 Å². The van der Waals surface area contributed by atoms with E-state index in [1.807, 2.05) is 0 Å². The van der Waals surface area contributed by atoms with Crippen LogP contribution in [0.2, 0.25) is 0 Å². The second-order valence-corrected chi connectivity index (χ2v) is 10.9. The molecule has 0 rings (SSSR count). The van der Waals surface area contributed by atoms with E-state index in [2.05, 4.69) is 34.6 Å². The summed E-state index contributed by atoms with van der Waals surface area (Å²) in [5, 5.41) is 0. The van der Waals surface area contributed by atoms with Crippen LogP contribution in [-0.4, -0.2) is 25.2 Å². The summed E-state index contributed by atoms with van der Waals surface area (Å²) in [5.41, 5.74) is 0.0594. The molecular weight excluding hydrogens is 412 g/mol. The van der Waals surface area contributed by atoms with Crippen molar-refractivity contribution in [2.24, 2.45) is 11.3 Å². The molecule has 0 saturated carbocycles. The van der Waals surface area contributed by atoms with Gasteiger partial charge in [-0.05, 0) is 37.0 Å². The van der Waals surface area contributed by atoms with Crippen LogP contribution in [0.4, 0.5) is 0 Å². The van der Waals surface area contributed by atoms with Crippen molar-refractivity contribution in [2.75, 3.05) is 13.2 Å². The van der Waals surface area contributed by atoms with Crippen molar-refractivity contribution in [3.63, 3.8) is 0 Å². The SMILES string of the molecule is CCCCCCCCCC(=O)OCCC(C)(C)CC(C)COC(=O)CCCCCCCCC. The van der Waals surface area contributed by atoms with Crippen LogP contribution in [0.1, 0.15) is 150 Å². The van der Waals surface area contributed by atoms with Gasteiger partial charge in [-0.15, -0.1) is 0 Å². The summed E-state index contributed by atoms with van der Waals surface area (Å²) in [5.74, 6) is 0.181. The molecule has 0 bridgehead atoms. The Balaban J connectivity index is 3.76. The van der Waals surface area contributed by atoms with Crippen LogP contribution in [0, 0.1) is 11.3 Å². The fourth-order valence-electron chi connectivity index (χ4n) is 4.38. The van der Waals surface area contributed by atoms with Crippen LogP contribution >= 0.6 is 0 Å². The zero-order chi connectivity index (χ0) is 24.8. The van der Waals surface area contributed by atoms with Crippen molar-refractivity contribution in [2.45, 2.75) is 150 Å². The normalized spacial score (nSPS) is 12.5. The molecule has 0 amide bonds. The van der Waals surface area contributed by atoms with E-state index in [1.54, 1.807) is 0 Å². The van der Waals surface area contributed by atoms with Gasteiger partial charge < -0.3 is 9.47 Å².